The van der Waals surface area contributed by atoms with Crippen molar-refractivity contribution in [2.75, 3.05) is 23.7 Å². The maximum atomic E-state index is 14.0. The van der Waals surface area contributed by atoms with Gasteiger partial charge in [-0.05, 0) is 85.8 Å². The smallest absolute Gasteiger partial charge is 0.229 e. The van der Waals surface area contributed by atoms with Crippen LogP contribution >= 0.6 is 0 Å². The molecule has 1 aliphatic heterocycles. The standard InChI is InChI=1S/C28H28F2N6O2S/c1-18-16-21(4-7-24(18)29)33-26-9-13-32-28(35-26)34-20-2-5-22(6-3-20)39(38)36-14-10-19(11-15-36)27(37)23-8-12-31-17-25(23)30/h2-9,12-13,16-17,19,27,37H,10-11,14-15H2,1H3,(H2,32,33,34,35). The Labute approximate surface area is 227 Å². The first-order valence-electron chi connectivity index (χ1n) is 12.5. The first-order chi connectivity index (χ1) is 18.9. The molecule has 3 heterocycles. The Kier molecular flexibility index (Phi) is 8.20. The zero-order valence-corrected chi connectivity index (χ0v) is 22.0. The number of hydrogen-bond donors (Lipinski definition) is 3. The number of rotatable bonds is 8. The number of aliphatic hydroxyl groups excluding tert-OH is 1. The fourth-order valence-corrected chi connectivity index (χ4v) is 5.74. The van der Waals surface area contributed by atoms with E-state index >= 15 is 0 Å². The van der Waals surface area contributed by atoms with Crippen LogP contribution in [0.15, 0.2) is 78.1 Å². The Hall–Kier alpha value is -3.80. The lowest BCUT2D eigenvalue weighted by molar-refractivity contribution is 0.0738. The zero-order chi connectivity index (χ0) is 27.4. The molecule has 0 aliphatic carbocycles. The number of aliphatic hydroxyl groups is 1. The van der Waals surface area contributed by atoms with Crippen LogP contribution in [-0.2, 0) is 11.0 Å². The largest absolute Gasteiger partial charge is 0.388 e. The van der Waals surface area contributed by atoms with E-state index in [1.54, 1.807) is 43.5 Å². The zero-order valence-electron chi connectivity index (χ0n) is 21.2. The molecule has 0 bridgehead atoms. The second kappa shape index (κ2) is 11.9. The van der Waals surface area contributed by atoms with Gasteiger partial charge in [0.2, 0.25) is 5.95 Å². The van der Waals surface area contributed by atoms with Crippen LogP contribution in [0.5, 0.6) is 0 Å². The SMILES string of the molecule is Cc1cc(Nc2ccnc(Nc3ccc(S(=O)N4CCC(C(O)c5ccncc5F)CC4)cc3)n2)ccc1F. The van der Waals surface area contributed by atoms with Gasteiger partial charge in [-0.1, -0.05) is 0 Å². The monoisotopic (exact) mass is 550 g/mol. The minimum atomic E-state index is -1.36. The van der Waals surface area contributed by atoms with Crippen molar-refractivity contribution < 1.29 is 18.1 Å². The second-order valence-corrected chi connectivity index (χ2v) is 10.8. The van der Waals surface area contributed by atoms with Gasteiger partial charge in [0.05, 0.1) is 17.2 Å². The highest BCUT2D eigenvalue weighted by molar-refractivity contribution is 7.82. The van der Waals surface area contributed by atoms with Crippen LogP contribution in [0.3, 0.4) is 0 Å². The number of nitrogens with zero attached hydrogens (tertiary/aromatic N) is 4. The Bertz CT molecular complexity index is 1460. The molecule has 11 heteroatoms. The Morgan fingerprint density at radius 2 is 1.72 bits per heavy atom. The van der Waals surface area contributed by atoms with Gasteiger partial charge >= 0.3 is 0 Å². The highest BCUT2D eigenvalue weighted by atomic mass is 32.2. The summed E-state index contributed by atoms with van der Waals surface area (Å²) >= 11 is 0. The van der Waals surface area contributed by atoms with E-state index < -0.39 is 22.9 Å². The maximum Gasteiger partial charge on any atom is 0.229 e. The molecule has 2 atom stereocenters. The van der Waals surface area contributed by atoms with Gasteiger partial charge in [0, 0.05) is 42.4 Å². The van der Waals surface area contributed by atoms with Crippen molar-refractivity contribution in [3.8, 4) is 0 Å². The van der Waals surface area contributed by atoms with Crippen molar-refractivity contribution in [2.24, 2.45) is 5.92 Å². The van der Waals surface area contributed by atoms with Gasteiger partial charge in [-0.25, -0.2) is 22.3 Å². The van der Waals surface area contributed by atoms with Crippen LogP contribution in [-0.4, -0.2) is 41.7 Å². The van der Waals surface area contributed by atoms with E-state index in [2.05, 4.69) is 25.6 Å². The van der Waals surface area contributed by atoms with Gasteiger partial charge < -0.3 is 15.7 Å². The van der Waals surface area contributed by atoms with Crippen LogP contribution in [0.2, 0.25) is 0 Å². The van der Waals surface area contributed by atoms with Crippen molar-refractivity contribution in [3.63, 3.8) is 0 Å². The molecule has 0 saturated carbocycles. The van der Waals surface area contributed by atoms with Crippen molar-refractivity contribution in [1.82, 2.24) is 19.3 Å². The molecule has 4 aromatic rings. The Morgan fingerprint density at radius 1 is 0.974 bits per heavy atom. The average Bonchev–Trinajstić information content (AvgIpc) is 2.95. The number of nitrogens with one attached hydrogen (secondary N) is 2. The van der Waals surface area contributed by atoms with E-state index in [0.717, 1.165) is 11.9 Å². The third-order valence-corrected chi connectivity index (χ3v) is 8.21. The molecule has 0 spiro atoms. The molecule has 202 valence electrons. The Balaban J connectivity index is 1.17. The van der Waals surface area contributed by atoms with Gasteiger partial charge in [0.1, 0.15) is 28.4 Å². The second-order valence-electron chi connectivity index (χ2n) is 9.36. The van der Waals surface area contributed by atoms with Gasteiger partial charge in [0.25, 0.3) is 0 Å². The van der Waals surface area contributed by atoms with E-state index in [4.69, 9.17) is 0 Å². The van der Waals surface area contributed by atoms with E-state index in [9.17, 15) is 18.1 Å². The minimum Gasteiger partial charge on any atom is -0.388 e. The molecular formula is C28H28F2N6O2S. The van der Waals surface area contributed by atoms with E-state index in [-0.39, 0.29) is 17.3 Å². The van der Waals surface area contributed by atoms with Crippen LogP contribution in [0, 0.1) is 24.5 Å². The molecule has 0 amide bonds. The summed E-state index contributed by atoms with van der Waals surface area (Å²) in [5, 5.41) is 16.9. The first-order valence-corrected chi connectivity index (χ1v) is 13.7. The normalized spacial score (nSPS) is 16.0. The van der Waals surface area contributed by atoms with Crippen LogP contribution < -0.4 is 10.6 Å². The van der Waals surface area contributed by atoms with Crippen LogP contribution in [0.4, 0.5) is 31.9 Å². The summed E-state index contributed by atoms with van der Waals surface area (Å²) in [4.78, 5) is 13.1. The van der Waals surface area contributed by atoms with Crippen molar-refractivity contribution in [3.05, 3.63) is 95.9 Å². The third kappa shape index (κ3) is 6.44. The molecule has 1 aliphatic rings. The summed E-state index contributed by atoms with van der Waals surface area (Å²) < 4.78 is 42.6. The molecule has 1 saturated heterocycles. The number of pyridine rings is 1. The van der Waals surface area contributed by atoms with E-state index in [1.807, 2.05) is 16.4 Å². The highest BCUT2D eigenvalue weighted by Crippen LogP contribution is 2.33. The molecule has 2 unspecified atom stereocenters. The predicted molar refractivity (Wildman–Crippen MR) is 146 cm³/mol. The van der Waals surface area contributed by atoms with Gasteiger partial charge in [-0.3, -0.25) is 4.98 Å². The van der Waals surface area contributed by atoms with Crippen molar-refractivity contribution in [2.45, 2.75) is 30.8 Å². The van der Waals surface area contributed by atoms with Crippen molar-refractivity contribution in [1.29, 1.82) is 0 Å². The number of halogens is 2. The lowest BCUT2D eigenvalue weighted by Crippen LogP contribution is -2.37. The van der Waals surface area contributed by atoms with Crippen LogP contribution in [0.1, 0.15) is 30.1 Å². The molecular weight excluding hydrogens is 522 g/mol. The molecule has 39 heavy (non-hydrogen) atoms. The Morgan fingerprint density at radius 3 is 2.44 bits per heavy atom. The van der Waals surface area contributed by atoms with Gasteiger partial charge in [0.15, 0.2) is 0 Å². The van der Waals surface area contributed by atoms with Gasteiger partial charge in [-0.2, -0.15) is 4.98 Å². The number of hydrogen-bond acceptors (Lipinski definition) is 7. The van der Waals surface area contributed by atoms with Gasteiger partial charge in [-0.15, -0.1) is 0 Å². The fourth-order valence-electron chi connectivity index (χ4n) is 4.53. The summed E-state index contributed by atoms with van der Waals surface area (Å²) in [5.41, 5.74) is 2.23. The molecule has 5 rings (SSSR count). The molecule has 1 fully saturated rings. The number of anilines is 4. The number of piperidine rings is 1. The quantitative estimate of drug-likeness (QED) is 0.269. The summed E-state index contributed by atoms with van der Waals surface area (Å²) in [6.07, 6.45) is 4.49. The van der Waals surface area contributed by atoms with E-state index in [1.165, 1.54) is 18.3 Å². The predicted octanol–water partition coefficient (Wildman–Crippen LogP) is 5.41. The molecule has 2 aromatic carbocycles. The number of benzene rings is 2. The molecule has 8 nitrogen and oxygen atoms in total. The molecule has 3 N–H and O–H groups in total. The third-order valence-electron chi connectivity index (χ3n) is 6.70. The number of aromatic nitrogens is 3. The average molecular weight is 551 g/mol. The summed E-state index contributed by atoms with van der Waals surface area (Å²) in [5.74, 6) is 0.0338. The maximum absolute atomic E-state index is 14.0. The van der Waals surface area contributed by atoms with Crippen LogP contribution in [0.25, 0.3) is 0 Å². The van der Waals surface area contributed by atoms with Crippen molar-refractivity contribution >= 4 is 34.1 Å². The summed E-state index contributed by atoms with van der Waals surface area (Å²) in [7, 11) is -1.36. The fraction of sp³-hybridized carbons (Fsp3) is 0.250. The van der Waals surface area contributed by atoms with E-state index in [0.29, 0.717) is 53.8 Å². The molecule has 0 radical (unpaired) electrons. The summed E-state index contributed by atoms with van der Waals surface area (Å²) in [6.45, 7) is 2.76. The first kappa shape index (κ1) is 26.8. The minimum absolute atomic E-state index is 0.112. The highest BCUT2D eigenvalue weighted by Gasteiger charge is 2.30. The number of aryl methyl sites for hydroxylation is 1. The summed E-state index contributed by atoms with van der Waals surface area (Å²) in [6, 6.07) is 15.2. The topological polar surface area (TPSA) is 103 Å². The molecule has 2 aromatic heterocycles. The lowest BCUT2D eigenvalue weighted by atomic mass is 9.88. The lowest BCUT2D eigenvalue weighted by Gasteiger charge is -2.33.